The van der Waals surface area contributed by atoms with Gasteiger partial charge in [-0.05, 0) is 56.0 Å². The second-order valence-electron chi connectivity index (χ2n) is 9.37. The summed E-state index contributed by atoms with van der Waals surface area (Å²) in [5.41, 5.74) is 1.87. The Labute approximate surface area is 208 Å². The highest BCUT2D eigenvalue weighted by atomic mass is 16.2. The third-order valence-corrected chi connectivity index (χ3v) is 6.72. The van der Waals surface area contributed by atoms with E-state index in [1.165, 1.54) is 0 Å². The molecule has 0 bridgehead atoms. The lowest BCUT2D eigenvalue weighted by atomic mass is 9.97. The Bertz CT molecular complexity index is 1020. The average Bonchev–Trinajstić information content (AvgIpc) is 3.33. The Kier molecular flexibility index (Phi) is 8.23. The topological polar surface area (TPSA) is 102 Å². The molecule has 2 atom stereocenters. The second-order valence-corrected chi connectivity index (χ2v) is 9.37. The summed E-state index contributed by atoms with van der Waals surface area (Å²) >= 11 is 0. The SMILES string of the molecule is [B]c1cnc(Nc2ccc(C(=O)N3CCN(C)CC3)cc2)nc1N[C@@H]1CCC[C@@H]1C(=O)NCCC. The zero-order valence-electron chi connectivity index (χ0n) is 20.6. The summed E-state index contributed by atoms with van der Waals surface area (Å²) < 4.78 is 0. The van der Waals surface area contributed by atoms with Crippen LogP contribution in [0.25, 0.3) is 0 Å². The summed E-state index contributed by atoms with van der Waals surface area (Å²) in [5, 5.41) is 9.56. The molecule has 9 nitrogen and oxygen atoms in total. The number of likely N-dealkylation sites (N-methyl/N-ethyl adjacent to an activating group) is 1. The van der Waals surface area contributed by atoms with Crippen LogP contribution in [0.1, 0.15) is 43.0 Å². The zero-order chi connectivity index (χ0) is 24.8. The van der Waals surface area contributed by atoms with Crippen LogP contribution in [0.5, 0.6) is 0 Å². The number of aromatic nitrogens is 2. The van der Waals surface area contributed by atoms with E-state index in [1.807, 2.05) is 36.1 Å². The smallest absolute Gasteiger partial charge is 0.253 e. The molecule has 10 heteroatoms. The Balaban J connectivity index is 1.39. The van der Waals surface area contributed by atoms with Gasteiger partial charge in [0.1, 0.15) is 13.7 Å². The van der Waals surface area contributed by atoms with Crippen LogP contribution < -0.4 is 21.4 Å². The molecule has 3 N–H and O–H groups in total. The van der Waals surface area contributed by atoms with Gasteiger partial charge in [-0.2, -0.15) is 4.98 Å². The summed E-state index contributed by atoms with van der Waals surface area (Å²) in [6.45, 7) is 5.99. The molecule has 1 aliphatic carbocycles. The van der Waals surface area contributed by atoms with Gasteiger partial charge in [0.05, 0.1) is 5.92 Å². The normalized spacial score (nSPS) is 20.5. The first-order valence-electron chi connectivity index (χ1n) is 12.5. The maximum Gasteiger partial charge on any atom is 0.253 e. The predicted molar refractivity (Wildman–Crippen MR) is 139 cm³/mol. The number of piperazine rings is 1. The minimum Gasteiger partial charge on any atom is -0.367 e. The van der Waals surface area contributed by atoms with E-state index in [1.54, 1.807) is 6.20 Å². The summed E-state index contributed by atoms with van der Waals surface area (Å²) in [5.74, 6) is 0.945. The molecule has 1 aromatic heterocycles. The van der Waals surface area contributed by atoms with E-state index in [0.29, 0.717) is 29.3 Å². The number of hydrogen-bond acceptors (Lipinski definition) is 7. The Morgan fingerprint density at radius 3 is 2.57 bits per heavy atom. The summed E-state index contributed by atoms with van der Waals surface area (Å²) in [7, 11) is 8.20. The van der Waals surface area contributed by atoms with Crippen LogP contribution in [0.2, 0.25) is 0 Å². The third-order valence-electron chi connectivity index (χ3n) is 6.72. The van der Waals surface area contributed by atoms with Crippen molar-refractivity contribution < 1.29 is 9.59 Å². The van der Waals surface area contributed by atoms with Crippen LogP contribution in [0.3, 0.4) is 0 Å². The van der Waals surface area contributed by atoms with Gasteiger partial charge in [-0.25, -0.2) is 4.98 Å². The van der Waals surface area contributed by atoms with Crippen LogP contribution in [-0.2, 0) is 4.79 Å². The fraction of sp³-hybridized carbons (Fsp3) is 0.520. The van der Waals surface area contributed by atoms with Gasteiger partial charge in [0, 0.05) is 56.2 Å². The molecule has 2 radical (unpaired) electrons. The number of carbonyl (C=O) groups excluding carboxylic acids is 2. The molecule has 35 heavy (non-hydrogen) atoms. The number of benzene rings is 1. The number of hydrogen-bond donors (Lipinski definition) is 3. The van der Waals surface area contributed by atoms with Crippen molar-refractivity contribution in [3.05, 3.63) is 36.0 Å². The van der Waals surface area contributed by atoms with Crippen molar-refractivity contribution >= 4 is 42.6 Å². The highest BCUT2D eigenvalue weighted by Crippen LogP contribution is 2.28. The van der Waals surface area contributed by atoms with Gasteiger partial charge in [-0.1, -0.05) is 13.3 Å². The van der Waals surface area contributed by atoms with E-state index in [2.05, 4.69) is 37.9 Å². The number of nitrogens with zero attached hydrogens (tertiary/aromatic N) is 4. The van der Waals surface area contributed by atoms with E-state index in [9.17, 15) is 9.59 Å². The molecule has 0 spiro atoms. The van der Waals surface area contributed by atoms with E-state index < -0.39 is 0 Å². The van der Waals surface area contributed by atoms with Crippen molar-refractivity contribution in [2.24, 2.45) is 5.92 Å². The first kappa shape index (κ1) is 25.0. The van der Waals surface area contributed by atoms with E-state index in [0.717, 1.165) is 57.5 Å². The third kappa shape index (κ3) is 6.30. The van der Waals surface area contributed by atoms with Crippen molar-refractivity contribution in [2.45, 2.75) is 38.6 Å². The van der Waals surface area contributed by atoms with Crippen molar-refractivity contribution in [1.29, 1.82) is 0 Å². The molecular weight excluding hydrogens is 441 g/mol. The first-order chi connectivity index (χ1) is 16.9. The molecule has 1 aliphatic heterocycles. The van der Waals surface area contributed by atoms with Gasteiger partial charge in [0.15, 0.2) is 0 Å². The van der Waals surface area contributed by atoms with Crippen molar-refractivity contribution in [2.75, 3.05) is 50.4 Å². The number of carbonyl (C=O) groups is 2. The lowest BCUT2D eigenvalue weighted by molar-refractivity contribution is -0.124. The van der Waals surface area contributed by atoms with Crippen LogP contribution >= 0.6 is 0 Å². The maximum absolute atomic E-state index is 12.8. The Morgan fingerprint density at radius 2 is 1.86 bits per heavy atom. The summed E-state index contributed by atoms with van der Waals surface area (Å²) in [6.07, 6.45) is 5.19. The quantitative estimate of drug-likeness (QED) is 0.498. The molecule has 2 aromatic rings. The molecule has 1 saturated carbocycles. The fourth-order valence-corrected chi connectivity index (χ4v) is 4.59. The van der Waals surface area contributed by atoms with Crippen molar-refractivity contribution in [1.82, 2.24) is 25.1 Å². The van der Waals surface area contributed by atoms with Crippen LogP contribution in [0.4, 0.5) is 17.5 Å². The zero-order valence-corrected chi connectivity index (χ0v) is 20.6. The fourth-order valence-electron chi connectivity index (χ4n) is 4.59. The van der Waals surface area contributed by atoms with E-state index in [-0.39, 0.29) is 23.8 Å². The molecule has 4 rings (SSSR count). The van der Waals surface area contributed by atoms with Crippen LogP contribution in [0, 0.1) is 5.92 Å². The molecule has 1 saturated heterocycles. The number of nitrogens with one attached hydrogen (secondary N) is 3. The monoisotopic (exact) mass is 475 g/mol. The molecule has 184 valence electrons. The van der Waals surface area contributed by atoms with Gasteiger partial charge in [0.25, 0.3) is 5.91 Å². The average molecular weight is 475 g/mol. The number of amides is 2. The van der Waals surface area contributed by atoms with Crippen LogP contribution in [-0.4, -0.2) is 85.2 Å². The Hall–Kier alpha value is -3.14. The highest BCUT2D eigenvalue weighted by Gasteiger charge is 2.33. The molecule has 2 amide bonds. The van der Waals surface area contributed by atoms with Crippen molar-refractivity contribution in [3.63, 3.8) is 0 Å². The molecule has 2 aliphatic rings. The van der Waals surface area contributed by atoms with Gasteiger partial charge < -0.3 is 25.8 Å². The van der Waals surface area contributed by atoms with E-state index in [4.69, 9.17) is 7.85 Å². The predicted octanol–water partition coefficient (Wildman–Crippen LogP) is 1.51. The standard InChI is InChI=1S/C25H34BN7O2/c1-3-11-27-23(34)19-5-4-6-21(19)30-22-20(26)16-28-25(31-22)29-18-9-7-17(8-10-18)24(35)33-14-12-32(2)13-15-33/h7-10,16,19,21H,3-6,11-15H2,1-2H3,(H,27,34)(H2,28,29,30,31)/t19-,21+/m0/s1. The molecule has 1 aromatic carbocycles. The van der Waals surface area contributed by atoms with Gasteiger partial charge in [-0.15, -0.1) is 0 Å². The summed E-state index contributed by atoms with van der Waals surface area (Å²) in [6, 6.07) is 7.31. The number of rotatable bonds is 8. The van der Waals surface area contributed by atoms with Crippen LogP contribution in [0.15, 0.2) is 30.5 Å². The van der Waals surface area contributed by atoms with Gasteiger partial charge in [0.2, 0.25) is 11.9 Å². The Morgan fingerprint density at radius 1 is 1.11 bits per heavy atom. The lowest BCUT2D eigenvalue weighted by Crippen LogP contribution is -2.47. The van der Waals surface area contributed by atoms with Gasteiger partial charge >= 0.3 is 0 Å². The summed E-state index contributed by atoms with van der Waals surface area (Å²) in [4.78, 5) is 38.3. The lowest BCUT2D eigenvalue weighted by Gasteiger charge is -2.32. The second kappa shape index (κ2) is 11.5. The molecule has 2 heterocycles. The first-order valence-corrected chi connectivity index (χ1v) is 12.5. The molecule has 0 unspecified atom stereocenters. The molecule has 2 fully saturated rings. The largest absolute Gasteiger partial charge is 0.367 e. The minimum absolute atomic E-state index is 0.0169. The van der Waals surface area contributed by atoms with Crippen molar-refractivity contribution in [3.8, 4) is 0 Å². The number of anilines is 3. The maximum atomic E-state index is 12.8. The minimum atomic E-state index is -0.0993. The van der Waals surface area contributed by atoms with Gasteiger partial charge in [-0.3, -0.25) is 9.59 Å². The molecular formula is C25H34BN7O2. The van der Waals surface area contributed by atoms with E-state index >= 15 is 0 Å². The highest BCUT2D eigenvalue weighted by molar-refractivity contribution is 6.35.